The van der Waals surface area contributed by atoms with Crippen LogP contribution in [0.15, 0.2) is 73.2 Å². The number of pyridine rings is 1. The van der Waals surface area contributed by atoms with Crippen LogP contribution in [0.1, 0.15) is 10.5 Å². The Kier molecular flexibility index (Phi) is 4.79. The lowest BCUT2D eigenvalue weighted by Gasteiger charge is -2.09. The highest BCUT2D eigenvalue weighted by atomic mass is 16.5. The molecule has 0 atom stereocenters. The SMILES string of the molecule is COc1ccc(Nc2cc(C(=O)Nc3cccc4cccnc34)ncn2)cc1. The Bertz CT molecular complexity index is 1120. The van der Waals surface area contributed by atoms with Crippen molar-refractivity contribution in [3.8, 4) is 5.75 Å². The molecule has 0 saturated heterocycles. The molecule has 1 amide bonds. The second-order valence-electron chi connectivity index (χ2n) is 5.98. The summed E-state index contributed by atoms with van der Waals surface area (Å²) in [7, 11) is 1.61. The lowest BCUT2D eigenvalue weighted by molar-refractivity contribution is 0.102. The van der Waals surface area contributed by atoms with Crippen molar-refractivity contribution in [3.63, 3.8) is 0 Å². The van der Waals surface area contributed by atoms with Gasteiger partial charge in [-0.15, -0.1) is 0 Å². The summed E-state index contributed by atoms with van der Waals surface area (Å²) in [5.41, 5.74) is 2.43. The average Bonchev–Trinajstić information content (AvgIpc) is 2.75. The molecule has 2 aromatic carbocycles. The van der Waals surface area contributed by atoms with E-state index in [9.17, 15) is 4.79 Å². The van der Waals surface area contributed by atoms with E-state index in [4.69, 9.17) is 4.74 Å². The number of nitrogens with one attached hydrogen (secondary N) is 2. The number of hydrogen-bond acceptors (Lipinski definition) is 6. The van der Waals surface area contributed by atoms with Crippen molar-refractivity contribution in [2.75, 3.05) is 17.7 Å². The molecule has 4 rings (SSSR count). The lowest BCUT2D eigenvalue weighted by atomic mass is 10.2. The predicted molar refractivity (Wildman–Crippen MR) is 108 cm³/mol. The van der Waals surface area contributed by atoms with Crippen molar-refractivity contribution in [2.45, 2.75) is 0 Å². The van der Waals surface area contributed by atoms with E-state index >= 15 is 0 Å². The second-order valence-corrected chi connectivity index (χ2v) is 5.98. The summed E-state index contributed by atoms with van der Waals surface area (Å²) in [4.78, 5) is 25.3. The summed E-state index contributed by atoms with van der Waals surface area (Å²) in [6, 6.07) is 18.4. The van der Waals surface area contributed by atoms with Crippen molar-refractivity contribution < 1.29 is 9.53 Å². The fourth-order valence-corrected chi connectivity index (χ4v) is 2.76. The monoisotopic (exact) mass is 371 g/mol. The minimum absolute atomic E-state index is 0.249. The van der Waals surface area contributed by atoms with E-state index in [0.717, 1.165) is 22.3 Å². The van der Waals surface area contributed by atoms with Crippen LogP contribution < -0.4 is 15.4 Å². The lowest BCUT2D eigenvalue weighted by Crippen LogP contribution is -2.14. The zero-order valence-electron chi connectivity index (χ0n) is 15.1. The Morgan fingerprint density at radius 2 is 1.79 bits per heavy atom. The smallest absolute Gasteiger partial charge is 0.274 e. The number of benzene rings is 2. The van der Waals surface area contributed by atoms with E-state index in [1.807, 2.05) is 54.6 Å². The van der Waals surface area contributed by atoms with Crippen molar-refractivity contribution in [3.05, 3.63) is 78.9 Å². The van der Waals surface area contributed by atoms with Crippen LogP contribution in [0.5, 0.6) is 5.75 Å². The largest absolute Gasteiger partial charge is 0.497 e. The van der Waals surface area contributed by atoms with E-state index in [1.54, 1.807) is 19.4 Å². The molecule has 7 nitrogen and oxygen atoms in total. The molecule has 2 heterocycles. The van der Waals surface area contributed by atoms with Gasteiger partial charge in [-0.25, -0.2) is 9.97 Å². The van der Waals surface area contributed by atoms with E-state index in [-0.39, 0.29) is 11.6 Å². The zero-order chi connectivity index (χ0) is 19.3. The predicted octanol–water partition coefficient (Wildman–Crippen LogP) is 4.03. The molecule has 2 aromatic heterocycles. The summed E-state index contributed by atoms with van der Waals surface area (Å²) in [6.07, 6.45) is 3.04. The van der Waals surface area contributed by atoms with Gasteiger partial charge in [0.2, 0.25) is 0 Å². The number of methoxy groups -OCH3 is 1. The molecule has 0 aliphatic rings. The molecule has 0 bridgehead atoms. The van der Waals surface area contributed by atoms with Crippen molar-refractivity contribution in [2.24, 2.45) is 0 Å². The topological polar surface area (TPSA) is 89.0 Å². The van der Waals surface area contributed by atoms with E-state index in [1.165, 1.54) is 6.33 Å². The maximum absolute atomic E-state index is 12.7. The number of carbonyl (C=O) groups is 1. The van der Waals surface area contributed by atoms with Gasteiger partial charge in [0.1, 0.15) is 23.6 Å². The standard InChI is InChI=1S/C21H17N5O2/c1-28-16-9-7-15(8-10-16)25-19-12-18(23-13-24-19)21(27)26-17-6-2-4-14-5-3-11-22-20(14)17/h2-13H,1H3,(H,26,27)(H,23,24,25). The first-order valence-electron chi connectivity index (χ1n) is 8.61. The van der Waals surface area contributed by atoms with E-state index in [2.05, 4.69) is 25.6 Å². The molecule has 0 aliphatic carbocycles. The molecular formula is C21H17N5O2. The minimum atomic E-state index is -0.335. The quantitative estimate of drug-likeness (QED) is 0.551. The average molecular weight is 371 g/mol. The van der Waals surface area contributed by atoms with Gasteiger partial charge >= 0.3 is 0 Å². The Morgan fingerprint density at radius 1 is 0.964 bits per heavy atom. The van der Waals surface area contributed by atoms with Gasteiger partial charge < -0.3 is 15.4 Å². The highest BCUT2D eigenvalue weighted by Crippen LogP contribution is 2.22. The number of hydrogen-bond donors (Lipinski definition) is 2. The second kappa shape index (κ2) is 7.71. The molecule has 0 unspecified atom stereocenters. The summed E-state index contributed by atoms with van der Waals surface area (Å²) in [5.74, 6) is 0.941. The fourth-order valence-electron chi connectivity index (χ4n) is 2.76. The van der Waals surface area contributed by atoms with Gasteiger partial charge in [-0.1, -0.05) is 18.2 Å². The Hall–Kier alpha value is -4.00. The molecule has 7 heteroatoms. The van der Waals surface area contributed by atoms with Gasteiger partial charge in [0, 0.05) is 23.3 Å². The third kappa shape index (κ3) is 3.73. The van der Waals surface area contributed by atoms with Crippen LogP contribution in [0.4, 0.5) is 17.2 Å². The summed E-state index contributed by atoms with van der Waals surface area (Å²) < 4.78 is 5.15. The number of para-hydroxylation sites is 1. The third-order valence-electron chi connectivity index (χ3n) is 4.14. The van der Waals surface area contributed by atoms with Crippen LogP contribution in [0.25, 0.3) is 10.9 Å². The first kappa shape index (κ1) is 17.4. The maximum atomic E-state index is 12.7. The van der Waals surface area contributed by atoms with Crippen LogP contribution in [-0.4, -0.2) is 28.0 Å². The van der Waals surface area contributed by atoms with Gasteiger partial charge in [0.05, 0.1) is 18.3 Å². The molecule has 0 fully saturated rings. The fraction of sp³-hybridized carbons (Fsp3) is 0.0476. The van der Waals surface area contributed by atoms with E-state index < -0.39 is 0 Å². The summed E-state index contributed by atoms with van der Waals surface area (Å²) in [5, 5.41) is 6.97. The zero-order valence-corrected chi connectivity index (χ0v) is 15.1. The van der Waals surface area contributed by atoms with E-state index in [0.29, 0.717) is 11.5 Å². The summed E-state index contributed by atoms with van der Waals surface area (Å²) in [6.45, 7) is 0. The van der Waals surface area contributed by atoms with Crippen LogP contribution in [0, 0.1) is 0 Å². The maximum Gasteiger partial charge on any atom is 0.274 e. The molecule has 0 spiro atoms. The van der Waals surface area contributed by atoms with Crippen molar-refractivity contribution in [1.82, 2.24) is 15.0 Å². The van der Waals surface area contributed by atoms with Crippen LogP contribution in [0.2, 0.25) is 0 Å². The molecular weight excluding hydrogens is 354 g/mol. The van der Waals surface area contributed by atoms with Crippen LogP contribution in [-0.2, 0) is 0 Å². The first-order valence-corrected chi connectivity index (χ1v) is 8.61. The van der Waals surface area contributed by atoms with Gasteiger partial charge in [-0.2, -0.15) is 0 Å². The number of nitrogens with zero attached hydrogens (tertiary/aromatic N) is 3. The number of amides is 1. The van der Waals surface area contributed by atoms with Gasteiger partial charge in [-0.3, -0.25) is 9.78 Å². The number of ether oxygens (including phenoxy) is 1. The van der Waals surface area contributed by atoms with Crippen molar-refractivity contribution >= 4 is 34.0 Å². The Labute approximate surface area is 161 Å². The van der Waals surface area contributed by atoms with Crippen LogP contribution in [0.3, 0.4) is 0 Å². The summed E-state index contributed by atoms with van der Waals surface area (Å²) >= 11 is 0. The number of carbonyl (C=O) groups excluding carboxylic acids is 1. The van der Waals surface area contributed by atoms with Gasteiger partial charge in [-0.05, 0) is 36.4 Å². The third-order valence-corrected chi connectivity index (χ3v) is 4.14. The molecule has 0 aliphatic heterocycles. The number of aromatic nitrogens is 3. The Morgan fingerprint density at radius 3 is 2.61 bits per heavy atom. The number of anilines is 3. The normalized spacial score (nSPS) is 10.5. The number of rotatable bonds is 5. The highest BCUT2D eigenvalue weighted by Gasteiger charge is 2.11. The van der Waals surface area contributed by atoms with Gasteiger partial charge in [0.15, 0.2) is 0 Å². The van der Waals surface area contributed by atoms with Crippen LogP contribution >= 0.6 is 0 Å². The first-order chi connectivity index (χ1) is 13.7. The molecule has 2 N–H and O–H groups in total. The molecule has 4 aromatic rings. The van der Waals surface area contributed by atoms with Gasteiger partial charge in [0.25, 0.3) is 5.91 Å². The molecule has 0 radical (unpaired) electrons. The molecule has 138 valence electrons. The van der Waals surface area contributed by atoms with Crippen molar-refractivity contribution in [1.29, 1.82) is 0 Å². The minimum Gasteiger partial charge on any atom is -0.497 e. The number of fused-ring (bicyclic) bond motifs is 1. The molecule has 0 saturated carbocycles. The molecule has 28 heavy (non-hydrogen) atoms. The highest BCUT2D eigenvalue weighted by molar-refractivity contribution is 6.07. The Balaban J connectivity index is 1.54.